The van der Waals surface area contributed by atoms with Crippen LogP contribution in [0.1, 0.15) is 29.8 Å². The number of aliphatic carboxylic acids is 1. The molecular weight excluding hydrogens is 263 g/mol. The number of carboxylic acids is 1. The predicted molar refractivity (Wildman–Crippen MR) is 59.4 cm³/mol. The highest BCUT2D eigenvalue weighted by molar-refractivity contribution is 5.73. The van der Waals surface area contributed by atoms with E-state index in [9.17, 15) is 18.0 Å². The quantitative estimate of drug-likeness (QED) is 0.883. The zero-order valence-corrected chi connectivity index (χ0v) is 10.3. The van der Waals surface area contributed by atoms with Crippen molar-refractivity contribution in [1.29, 1.82) is 0 Å². The zero-order valence-electron chi connectivity index (χ0n) is 10.3. The molecule has 0 bridgehead atoms. The predicted octanol–water partition coefficient (Wildman–Crippen LogP) is 1.79. The molecule has 0 aromatic carbocycles. The number of carboxylic acid groups (broad SMARTS) is 1. The van der Waals surface area contributed by atoms with Crippen molar-refractivity contribution in [3.05, 3.63) is 17.0 Å². The van der Waals surface area contributed by atoms with Gasteiger partial charge in [-0.05, 0) is 26.3 Å². The van der Waals surface area contributed by atoms with E-state index in [0.717, 1.165) is 6.42 Å². The van der Waals surface area contributed by atoms with Crippen LogP contribution in [0.15, 0.2) is 0 Å². The number of aromatic nitrogens is 2. The molecular formula is C11H14F3N3O2. The average Bonchev–Trinajstić information content (AvgIpc) is 2.86. The third-order valence-corrected chi connectivity index (χ3v) is 3.39. The first-order valence-electron chi connectivity index (χ1n) is 5.88. The molecule has 1 atom stereocenters. The van der Waals surface area contributed by atoms with Crippen LogP contribution in [-0.2, 0) is 17.5 Å². The van der Waals surface area contributed by atoms with Gasteiger partial charge in [0.15, 0.2) is 5.69 Å². The van der Waals surface area contributed by atoms with Crippen molar-refractivity contribution in [3.8, 4) is 0 Å². The number of likely N-dealkylation sites (tertiary alicyclic amines) is 1. The maximum atomic E-state index is 12.6. The van der Waals surface area contributed by atoms with E-state index >= 15 is 0 Å². The Balaban J connectivity index is 2.16. The maximum Gasteiger partial charge on any atom is 0.435 e. The summed E-state index contributed by atoms with van der Waals surface area (Å²) in [5.41, 5.74) is -0.586. The molecule has 19 heavy (non-hydrogen) atoms. The van der Waals surface area contributed by atoms with Crippen LogP contribution >= 0.6 is 0 Å². The highest BCUT2D eigenvalue weighted by Gasteiger charge is 2.37. The van der Waals surface area contributed by atoms with Crippen LogP contribution in [0.4, 0.5) is 13.2 Å². The lowest BCUT2D eigenvalue weighted by Crippen LogP contribution is -2.35. The van der Waals surface area contributed by atoms with E-state index in [2.05, 4.69) is 10.2 Å². The third-order valence-electron chi connectivity index (χ3n) is 3.39. The Hall–Kier alpha value is -1.57. The largest absolute Gasteiger partial charge is 0.480 e. The van der Waals surface area contributed by atoms with Crippen molar-refractivity contribution in [3.63, 3.8) is 0 Å². The molecule has 2 rings (SSSR count). The summed E-state index contributed by atoms with van der Waals surface area (Å²) < 4.78 is 37.8. The number of nitrogens with one attached hydrogen (secondary N) is 1. The van der Waals surface area contributed by atoms with E-state index in [4.69, 9.17) is 5.11 Å². The summed E-state index contributed by atoms with van der Waals surface area (Å²) in [5.74, 6) is -0.939. The lowest BCUT2D eigenvalue weighted by Gasteiger charge is -2.20. The number of rotatable bonds is 3. The molecule has 0 aliphatic carbocycles. The molecule has 0 radical (unpaired) electrons. The first-order valence-corrected chi connectivity index (χ1v) is 5.88. The normalized spacial score (nSPS) is 20.9. The van der Waals surface area contributed by atoms with E-state index < -0.39 is 23.9 Å². The fourth-order valence-corrected chi connectivity index (χ4v) is 2.36. The Morgan fingerprint density at radius 1 is 1.58 bits per heavy atom. The van der Waals surface area contributed by atoms with Crippen LogP contribution in [0.5, 0.6) is 0 Å². The molecule has 2 N–H and O–H groups in total. The Morgan fingerprint density at radius 2 is 2.26 bits per heavy atom. The Morgan fingerprint density at radius 3 is 2.79 bits per heavy atom. The van der Waals surface area contributed by atoms with Crippen LogP contribution in [0.3, 0.4) is 0 Å². The topological polar surface area (TPSA) is 69.2 Å². The van der Waals surface area contributed by atoms with Crippen LogP contribution in [0.25, 0.3) is 0 Å². The maximum absolute atomic E-state index is 12.6. The van der Waals surface area contributed by atoms with Gasteiger partial charge in [0.2, 0.25) is 0 Å². The molecule has 0 saturated carbocycles. The van der Waals surface area contributed by atoms with Gasteiger partial charge in [0.05, 0.1) is 5.69 Å². The van der Waals surface area contributed by atoms with Gasteiger partial charge in [0, 0.05) is 12.1 Å². The molecule has 1 aromatic heterocycles. The molecule has 8 heteroatoms. The summed E-state index contributed by atoms with van der Waals surface area (Å²) in [6, 6.07) is -0.628. The van der Waals surface area contributed by atoms with Crippen molar-refractivity contribution in [1.82, 2.24) is 15.1 Å². The minimum absolute atomic E-state index is 0.0311. The molecule has 5 nitrogen and oxygen atoms in total. The Kier molecular flexibility index (Phi) is 3.53. The molecule has 1 aliphatic heterocycles. The number of halogens is 3. The monoisotopic (exact) mass is 277 g/mol. The summed E-state index contributed by atoms with van der Waals surface area (Å²) >= 11 is 0. The fourth-order valence-electron chi connectivity index (χ4n) is 2.36. The lowest BCUT2D eigenvalue weighted by molar-refractivity contribution is -0.143. The zero-order chi connectivity index (χ0) is 14.2. The second-order valence-corrected chi connectivity index (χ2v) is 4.64. The van der Waals surface area contributed by atoms with E-state index in [1.165, 1.54) is 6.92 Å². The van der Waals surface area contributed by atoms with Crippen LogP contribution in [-0.4, -0.2) is 38.8 Å². The summed E-state index contributed by atoms with van der Waals surface area (Å²) in [6.45, 7) is 2.05. The van der Waals surface area contributed by atoms with Crippen molar-refractivity contribution in [2.75, 3.05) is 6.54 Å². The van der Waals surface area contributed by atoms with Gasteiger partial charge < -0.3 is 5.11 Å². The third kappa shape index (κ3) is 2.73. The fraction of sp³-hybridized carbons (Fsp3) is 0.636. The smallest absolute Gasteiger partial charge is 0.435 e. The molecule has 2 heterocycles. The number of carbonyl (C=O) groups is 1. The van der Waals surface area contributed by atoms with Crippen LogP contribution < -0.4 is 0 Å². The molecule has 0 amide bonds. The van der Waals surface area contributed by atoms with Crippen molar-refractivity contribution in [2.45, 2.75) is 38.5 Å². The minimum Gasteiger partial charge on any atom is -0.480 e. The molecule has 1 saturated heterocycles. The first kappa shape index (κ1) is 13.9. The van der Waals surface area contributed by atoms with Gasteiger partial charge in [-0.1, -0.05) is 0 Å². The molecule has 106 valence electrons. The minimum atomic E-state index is -4.49. The summed E-state index contributed by atoms with van der Waals surface area (Å²) in [4.78, 5) is 12.7. The SMILES string of the molecule is Cc1c(C(F)(F)F)n[nH]c1CN1CCCC1C(=O)O. The molecule has 1 aliphatic rings. The number of hydrogen-bond acceptors (Lipinski definition) is 3. The number of nitrogens with zero attached hydrogens (tertiary/aromatic N) is 2. The number of hydrogen-bond donors (Lipinski definition) is 2. The van der Waals surface area contributed by atoms with Gasteiger partial charge in [0.1, 0.15) is 6.04 Å². The Bertz CT molecular complexity index is 484. The average molecular weight is 277 g/mol. The summed E-state index contributed by atoms with van der Waals surface area (Å²) in [7, 11) is 0. The number of H-pyrrole nitrogens is 1. The summed E-state index contributed by atoms with van der Waals surface area (Å²) in [6.07, 6.45) is -3.24. The van der Waals surface area contributed by atoms with E-state index in [1.54, 1.807) is 4.90 Å². The molecule has 1 fully saturated rings. The van der Waals surface area contributed by atoms with Gasteiger partial charge in [-0.3, -0.25) is 14.8 Å². The van der Waals surface area contributed by atoms with E-state index in [0.29, 0.717) is 18.7 Å². The van der Waals surface area contributed by atoms with E-state index in [1.807, 2.05) is 0 Å². The number of alkyl halides is 3. The first-order chi connectivity index (χ1) is 8.80. The lowest BCUT2D eigenvalue weighted by atomic mass is 10.1. The highest BCUT2D eigenvalue weighted by atomic mass is 19.4. The van der Waals surface area contributed by atoms with Crippen LogP contribution in [0.2, 0.25) is 0 Å². The highest BCUT2D eigenvalue weighted by Crippen LogP contribution is 2.32. The van der Waals surface area contributed by atoms with Gasteiger partial charge in [-0.2, -0.15) is 18.3 Å². The van der Waals surface area contributed by atoms with Gasteiger partial charge in [-0.25, -0.2) is 0 Å². The van der Waals surface area contributed by atoms with E-state index in [-0.39, 0.29) is 12.1 Å². The van der Waals surface area contributed by atoms with Crippen LogP contribution in [0, 0.1) is 6.92 Å². The van der Waals surface area contributed by atoms with Crippen molar-refractivity contribution in [2.24, 2.45) is 0 Å². The van der Waals surface area contributed by atoms with Crippen molar-refractivity contribution >= 4 is 5.97 Å². The standard InChI is InChI=1S/C11H14F3N3O2/c1-6-7(15-16-9(6)11(12,13)14)5-17-4-2-3-8(17)10(18)19/h8H,2-5H2,1H3,(H,15,16)(H,18,19). The number of aromatic amines is 1. The summed E-state index contributed by atoms with van der Waals surface area (Å²) in [5, 5.41) is 14.7. The van der Waals surface area contributed by atoms with Gasteiger partial charge >= 0.3 is 12.1 Å². The second kappa shape index (κ2) is 4.84. The van der Waals surface area contributed by atoms with Gasteiger partial charge in [0.25, 0.3) is 0 Å². The Labute approximate surface area is 107 Å². The molecule has 1 aromatic rings. The van der Waals surface area contributed by atoms with Gasteiger partial charge in [-0.15, -0.1) is 0 Å². The van der Waals surface area contributed by atoms with Crippen molar-refractivity contribution < 1.29 is 23.1 Å². The second-order valence-electron chi connectivity index (χ2n) is 4.64. The molecule has 0 spiro atoms. The molecule has 1 unspecified atom stereocenters.